The van der Waals surface area contributed by atoms with Crippen molar-refractivity contribution in [1.82, 2.24) is 10.2 Å². The Morgan fingerprint density at radius 2 is 1.30 bits per heavy atom. The van der Waals surface area contributed by atoms with Crippen molar-refractivity contribution >= 4 is 43.5 Å². The zero-order chi connectivity index (χ0) is 14.1. The summed E-state index contributed by atoms with van der Waals surface area (Å²) in [5.41, 5.74) is 3.58. The molecule has 1 N–H and O–H groups in total. The number of benzene rings is 2. The summed E-state index contributed by atoms with van der Waals surface area (Å²) in [5.74, 6) is 0. The van der Waals surface area contributed by atoms with Gasteiger partial charge < -0.3 is 0 Å². The maximum absolute atomic E-state index is 6.46. The summed E-state index contributed by atoms with van der Waals surface area (Å²) < 4.78 is 2.06. The van der Waals surface area contributed by atoms with E-state index in [4.69, 9.17) is 11.6 Å². The highest BCUT2D eigenvalue weighted by Crippen LogP contribution is 2.34. The molecule has 20 heavy (non-hydrogen) atoms. The van der Waals surface area contributed by atoms with Crippen molar-refractivity contribution in [3.05, 3.63) is 62.5 Å². The van der Waals surface area contributed by atoms with E-state index in [-0.39, 0.29) is 0 Å². The van der Waals surface area contributed by atoms with Crippen LogP contribution in [-0.2, 0) is 0 Å². The van der Waals surface area contributed by atoms with Gasteiger partial charge in [0.15, 0.2) is 0 Å². The van der Waals surface area contributed by atoms with E-state index in [2.05, 4.69) is 42.1 Å². The second-order valence-electron chi connectivity index (χ2n) is 4.27. The number of aromatic nitrogens is 2. The van der Waals surface area contributed by atoms with Gasteiger partial charge in [0.25, 0.3) is 0 Å². The molecule has 0 aliphatic heterocycles. The zero-order valence-corrected chi connectivity index (χ0v) is 14.1. The van der Waals surface area contributed by atoms with Crippen LogP contribution in [0.3, 0.4) is 0 Å². The SMILES string of the molecule is Clc1c(-c2ccc(Br)cc2)n[nH]c1-c1ccc(Br)cc1. The molecule has 0 bridgehead atoms. The lowest BCUT2D eigenvalue weighted by molar-refractivity contribution is 1.10. The molecule has 0 saturated carbocycles. The number of rotatable bonds is 2. The third kappa shape index (κ3) is 2.68. The van der Waals surface area contributed by atoms with Gasteiger partial charge >= 0.3 is 0 Å². The van der Waals surface area contributed by atoms with E-state index in [1.807, 2.05) is 48.5 Å². The van der Waals surface area contributed by atoms with Gasteiger partial charge in [-0.25, -0.2) is 0 Å². The molecular formula is C15H9Br2ClN2. The van der Waals surface area contributed by atoms with E-state index in [0.29, 0.717) is 5.02 Å². The van der Waals surface area contributed by atoms with Crippen LogP contribution < -0.4 is 0 Å². The van der Waals surface area contributed by atoms with Crippen molar-refractivity contribution in [3.8, 4) is 22.5 Å². The lowest BCUT2D eigenvalue weighted by Crippen LogP contribution is -1.78. The van der Waals surface area contributed by atoms with Gasteiger partial charge in [-0.2, -0.15) is 5.10 Å². The Balaban J connectivity index is 2.04. The Kier molecular flexibility index (Phi) is 3.96. The maximum Gasteiger partial charge on any atom is 0.111 e. The highest BCUT2D eigenvalue weighted by atomic mass is 79.9. The molecule has 2 nitrogen and oxygen atoms in total. The second kappa shape index (κ2) is 5.72. The molecule has 0 aliphatic rings. The van der Waals surface area contributed by atoms with Gasteiger partial charge in [0.2, 0.25) is 0 Å². The van der Waals surface area contributed by atoms with Crippen LogP contribution >= 0.6 is 43.5 Å². The Bertz CT molecular complexity index is 671. The fourth-order valence-corrected chi connectivity index (χ4v) is 2.77. The minimum absolute atomic E-state index is 0.634. The van der Waals surface area contributed by atoms with Crippen molar-refractivity contribution in [1.29, 1.82) is 0 Å². The number of nitrogens with one attached hydrogen (secondary N) is 1. The number of nitrogens with zero attached hydrogens (tertiary/aromatic N) is 1. The predicted octanol–water partition coefficient (Wildman–Crippen LogP) is 5.92. The van der Waals surface area contributed by atoms with Gasteiger partial charge in [0, 0.05) is 20.1 Å². The molecule has 100 valence electrons. The van der Waals surface area contributed by atoms with E-state index in [1.54, 1.807) is 0 Å². The van der Waals surface area contributed by atoms with Crippen molar-refractivity contribution in [2.75, 3.05) is 0 Å². The van der Waals surface area contributed by atoms with Gasteiger partial charge in [0.05, 0.1) is 10.7 Å². The van der Waals surface area contributed by atoms with E-state index in [9.17, 15) is 0 Å². The molecule has 2 aromatic carbocycles. The van der Waals surface area contributed by atoms with Gasteiger partial charge in [-0.1, -0.05) is 67.7 Å². The minimum atomic E-state index is 0.634. The van der Waals surface area contributed by atoms with Crippen LogP contribution in [0.15, 0.2) is 57.5 Å². The van der Waals surface area contributed by atoms with Crippen LogP contribution in [0, 0.1) is 0 Å². The van der Waals surface area contributed by atoms with E-state index in [1.165, 1.54) is 0 Å². The first-order chi connectivity index (χ1) is 9.65. The van der Waals surface area contributed by atoms with Gasteiger partial charge in [-0.3, -0.25) is 5.10 Å². The summed E-state index contributed by atoms with van der Waals surface area (Å²) in [6, 6.07) is 15.9. The zero-order valence-electron chi connectivity index (χ0n) is 10.2. The third-order valence-electron chi connectivity index (χ3n) is 2.96. The monoisotopic (exact) mass is 410 g/mol. The molecular weight excluding hydrogens is 403 g/mol. The van der Waals surface area contributed by atoms with Crippen LogP contribution in [0.2, 0.25) is 5.02 Å². The number of halogens is 3. The Labute approximate surface area is 138 Å². The fraction of sp³-hybridized carbons (Fsp3) is 0. The molecule has 1 aromatic heterocycles. The standard InChI is InChI=1S/C15H9Br2ClN2/c16-11-5-1-9(2-6-11)14-13(18)15(20-19-14)10-3-7-12(17)8-4-10/h1-8H,(H,19,20). The second-order valence-corrected chi connectivity index (χ2v) is 6.48. The normalized spacial score (nSPS) is 10.8. The average Bonchev–Trinajstić information content (AvgIpc) is 2.83. The Morgan fingerprint density at radius 1 is 0.800 bits per heavy atom. The van der Waals surface area contributed by atoms with Crippen LogP contribution in [0.4, 0.5) is 0 Å². The highest BCUT2D eigenvalue weighted by Gasteiger charge is 2.14. The maximum atomic E-state index is 6.46. The quantitative estimate of drug-likeness (QED) is 0.556. The van der Waals surface area contributed by atoms with Crippen molar-refractivity contribution in [2.24, 2.45) is 0 Å². The molecule has 0 spiro atoms. The van der Waals surface area contributed by atoms with Crippen molar-refractivity contribution < 1.29 is 0 Å². The van der Waals surface area contributed by atoms with Crippen molar-refractivity contribution in [2.45, 2.75) is 0 Å². The van der Waals surface area contributed by atoms with Gasteiger partial charge in [-0.05, 0) is 24.3 Å². The summed E-state index contributed by atoms with van der Waals surface area (Å²) in [6.07, 6.45) is 0. The van der Waals surface area contributed by atoms with Gasteiger partial charge in [-0.15, -0.1) is 0 Å². The highest BCUT2D eigenvalue weighted by molar-refractivity contribution is 9.10. The van der Waals surface area contributed by atoms with E-state index < -0.39 is 0 Å². The first kappa shape index (κ1) is 13.9. The Morgan fingerprint density at radius 3 is 1.85 bits per heavy atom. The van der Waals surface area contributed by atoms with Crippen LogP contribution in [0.1, 0.15) is 0 Å². The molecule has 0 saturated heterocycles. The molecule has 0 fully saturated rings. The molecule has 0 unspecified atom stereocenters. The van der Waals surface area contributed by atoms with Crippen molar-refractivity contribution in [3.63, 3.8) is 0 Å². The lowest BCUT2D eigenvalue weighted by Gasteiger charge is -2.00. The number of hydrogen-bond acceptors (Lipinski definition) is 1. The number of H-pyrrole nitrogens is 1. The molecule has 3 rings (SSSR count). The van der Waals surface area contributed by atoms with E-state index >= 15 is 0 Å². The van der Waals surface area contributed by atoms with Crippen LogP contribution in [0.25, 0.3) is 22.5 Å². The van der Waals surface area contributed by atoms with E-state index in [0.717, 1.165) is 31.5 Å². The largest absolute Gasteiger partial charge is 0.276 e. The molecule has 0 aliphatic carbocycles. The minimum Gasteiger partial charge on any atom is -0.276 e. The summed E-state index contributed by atoms with van der Waals surface area (Å²) in [4.78, 5) is 0. The fourth-order valence-electron chi connectivity index (χ4n) is 1.94. The first-order valence-corrected chi connectivity index (χ1v) is 7.87. The third-order valence-corrected chi connectivity index (χ3v) is 4.38. The molecule has 0 amide bonds. The molecule has 0 atom stereocenters. The summed E-state index contributed by atoms with van der Waals surface area (Å²) in [7, 11) is 0. The lowest BCUT2D eigenvalue weighted by atomic mass is 10.1. The average molecular weight is 413 g/mol. The predicted molar refractivity (Wildman–Crippen MR) is 89.9 cm³/mol. The number of aromatic amines is 1. The summed E-state index contributed by atoms with van der Waals surface area (Å²) >= 11 is 13.3. The number of hydrogen-bond donors (Lipinski definition) is 1. The van der Waals surface area contributed by atoms with Crippen LogP contribution in [0.5, 0.6) is 0 Å². The molecule has 3 aromatic rings. The van der Waals surface area contributed by atoms with Crippen LogP contribution in [-0.4, -0.2) is 10.2 Å². The smallest absolute Gasteiger partial charge is 0.111 e. The summed E-state index contributed by atoms with van der Waals surface area (Å²) in [6.45, 7) is 0. The molecule has 1 heterocycles. The molecule has 0 radical (unpaired) electrons. The summed E-state index contributed by atoms with van der Waals surface area (Å²) in [5, 5.41) is 7.98. The van der Waals surface area contributed by atoms with Gasteiger partial charge in [0.1, 0.15) is 5.69 Å². The Hall–Kier alpha value is -1.10. The molecule has 5 heteroatoms. The topological polar surface area (TPSA) is 28.7 Å². The first-order valence-electron chi connectivity index (χ1n) is 5.91.